The number of aromatic nitrogens is 2. The first-order chi connectivity index (χ1) is 14.9. The second-order valence-corrected chi connectivity index (χ2v) is 7.45. The molecule has 0 fully saturated rings. The van der Waals surface area contributed by atoms with Crippen molar-refractivity contribution in [2.75, 3.05) is 19.8 Å². The molecule has 0 saturated heterocycles. The van der Waals surface area contributed by atoms with Crippen molar-refractivity contribution in [3.63, 3.8) is 0 Å². The van der Waals surface area contributed by atoms with Gasteiger partial charge in [0.25, 0.3) is 5.91 Å². The lowest BCUT2D eigenvalue weighted by Gasteiger charge is -2.33. The van der Waals surface area contributed by atoms with Gasteiger partial charge in [-0.3, -0.25) is 9.48 Å². The van der Waals surface area contributed by atoms with Crippen molar-refractivity contribution in [1.29, 1.82) is 0 Å². The summed E-state index contributed by atoms with van der Waals surface area (Å²) in [6.07, 6.45) is 0.486. The maximum absolute atomic E-state index is 13.8. The van der Waals surface area contributed by atoms with Crippen LogP contribution in [-0.4, -0.2) is 40.4 Å². The summed E-state index contributed by atoms with van der Waals surface area (Å²) in [5, 5.41) is 4.56. The molecular weight excluding hydrogens is 407 g/mol. The Balaban J connectivity index is 1.68. The summed E-state index contributed by atoms with van der Waals surface area (Å²) in [4.78, 5) is 15.0. The molecule has 0 spiro atoms. The van der Waals surface area contributed by atoms with Crippen LogP contribution in [0.25, 0.3) is 11.3 Å². The lowest BCUT2D eigenvalue weighted by atomic mass is 9.95. The summed E-state index contributed by atoms with van der Waals surface area (Å²) in [7, 11) is 1.72. The number of aryl methyl sites for hydroxylation is 1. The van der Waals surface area contributed by atoms with Gasteiger partial charge in [-0.1, -0.05) is 12.1 Å². The van der Waals surface area contributed by atoms with Gasteiger partial charge < -0.3 is 9.64 Å². The number of hydrogen-bond donors (Lipinski definition) is 0. The number of halogens is 3. The number of hydrogen-bond acceptors (Lipinski definition) is 3. The summed E-state index contributed by atoms with van der Waals surface area (Å²) in [5.41, 5.74) is 2.95. The molecule has 0 N–H and O–H groups in total. The minimum atomic E-state index is -0.657. The molecule has 1 amide bonds. The third-order valence-corrected chi connectivity index (χ3v) is 5.49. The Morgan fingerprint density at radius 3 is 2.61 bits per heavy atom. The highest BCUT2D eigenvalue weighted by Crippen LogP contribution is 2.37. The summed E-state index contributed by atoms with van der Waals surface area (Å²) in [5.74, 6) is -1.22. The van der Waals surface area contributed by atoms with Crippen molar-refractivity contribution in [2.45, 2.75) is 19.4 Å². The van der Waals surface area contributed by atoms with E-state index in [4.69, 9.17) is 4.74 Å². The molecule has 0 radical (unpaired) electrons. The Morgan fingerprint density at radius 2 is 1.90 bits per heavy atom. The van der Waals surface area contributed by atoms with Gasteiger partial charge in [0.2, 0.25) is 0 Å². The van der Waals surface area contributed by atoms with Crippen LogP contribution in [0.5, 0.6) is 5.75 Å². The molecule has 0 bridgehead atoms. The second-order valence-electron chi connectivity index (χ2n) is 7.45. The molecule has 31 heavy (non-hydrogen) atoms. The Bertz CT molecular complexity index is 1110. The molecule has 3 aromatic rings. The molecule has 0 saturated carbocycles. The van der Waals surface area contributed by atoms with Gasteiger partial charge in [-0.25, -0.2) is 13.2 Å². The van der Waals surface area contributed by atoms with Crippen molar-refractivity contribution in [1.82, 2.24) is 14.7 Å². The van der Waals surface area contributed by atoms with Gasteiger partial charge in [-0.2, -0.15) is 5.10 Å². The van der Waals surface area contributed by atoms with E-state index >= 15 is 0 Å². The number of alkyl halides is 1. The number of benzene rings is 2. The van der Waals surface area contributed by atoms with E-state index in [1.807, 2.05) is 6.92 Å². The van der Waals surface area contributed by atoms with Gasteiger partial charge in [0.1, 0.15) is 30.7 Å². The molecule has 5 nitrogen and oxygen atoms in total. The van der Waals surface area contributed by atoms with E-state index in [1.165, 1.54) is 12.1 Å². The van der Waals surface area contributed by atoms with Gasteiger partial charge in [-0.15, -0.1) is 0 Å². The van der Waals surface area contributed by atoms with Gasteiger partial charge >= 0.3 is 0 Å². The summed E-state index contributed by atoms with van der Waals surface area (Å²) in [6.45, 7) is 1.49. The number of fused-ring (bicyclic) bond motifs is 1. The molecule has 0 aliphatic carbocycles. The minimum absolute atomic E-state index is 0.127. The Hall–Kier alpha value is -3.29. The van der Waals surface area contributed by atoms with Crippen LogP contribution in [0.1, 0.15) is 34.6 Å². The summed E-state index contributed by atoms with van der Waals surface area (Å²) < 4.78 is 47.1. The van der Waals surface area contributed by atoms with Gasteiger partial charge in [0.15, 0.2) is 0 Å². The zero-order chi connectivity index (χ0) is 22.1. The number of ether oxygens (including phenoxy) is 1. The van der Waals surface area contributed by atoms with Crippen molar-refractivity contribution >= 4 is 5.91 Å². The lowest BCUT2D eigenvalue weighted by Crippen LogP contribution is -2.39. The zero-order valence-electron chi connectivity index (χ0n) is 17.2. The highest BCUT2D eigenvalue weighted by Gasteiger charge is 2.34. The van der Waals surface area contributed by atoms with E-state index in [1.54, 1.807) is 40.9 Å². The third kappa shape index (κ3) is 3.89. The third-order valence-electron chi connectivity index (χ3n) is 5.49. The molecule has 8 heteroatoms. The minimum Gasteiger partial charge on any atom is -0.490 e. The average molecular weight is 429 g/mol. The summed E-state index contributed by atoms with van der Waals surface area (Å²) in [6, 6.07) is 9.78. The average Bonchev–Trinajstić information content (AvgIpc) is 3.08. The van der Waals surface area contributed by atoms with E-state index in [2.05, 4.69) is 5.10 Å². The Morgan fingerprint density at radius 1 is 1.19 bits per heavy atom. The fourth-order valence-electron chi connectivity index (χ4n) is 4.15. The number of nitrogens with zero attached hydrogens (tertiary/aromatic N) is 3. The van der Waals surface area contributed by atoms with Crippen LogP contribution in [0.4, 0.5) is 13.2 Å². The standard InChI is InChI=1S/C23H22F3N3O2/c1-14-21-19(22(28(2)27-21)15-11-16(25)13-17(26)12-15)7-9-29(14)23(30)18-5-3-4-6-20(18)31-10-8-24/h3-6,11-14H,7-10H2,1-2H3/t14-/m0/s1. The highest BCUT2D eigenvalue weighted by atomic mass is 19.1. The molecule has 2 aromatic carbocycles. The van der Waals surface area contributed by atoms with Gasteiger partial charge in [-0.05, 0) is 37.6 Å². The molecule has 2 heterocycles. The molecule has 1 atom stereocenters. The van der Waals surface area contributed by atoms with E-state index in [0.717, 1.165) is 11.6 Å². The SMILES string of the molecule is C[C@H]1c2nn(C)c(-c3cc(F)cc(F)c3)c2CCN1C(=O)c1ccccc1OCCF. The maximum atomic E-state index is 13.8. The smallest absolute Gasteiger partial charge is 0.258 e. The number of amides is 1. The van der Waals surface area contributed by atoms with Gasteiger partial charge in [0, 0.05) is 30.8 Å². The van der Waals surface area contributed by atoms with Crippen LogP contribution in [0, 0.1) is 11.6 Å². The van der Waals surface area contributed by atoms with Crippen molar-refractivity contribution < 1.29 is 22.7 Å². The number of carbonyl (C=O) groups is 1. The Labute approximate surface area is 178 Å². The predicted molar refractivity (Wildman–Crippen MR) is 110 cm³/mol. The number of carbonyl (C=O) groups excluding carboxylic acids is 1. The molecule has 1 aliphatic heterocycles. The van der Waals surface area contributed by atoms with Crippen LogP contribution in [-0.2, 0) is 13.5 Å². The molecular formula is C23H22F3N3O2. The highest BCUT2D eigenvalue weighted by molar-refractivity contribution is 5.97. The molecule has 1 aliphatic rings. The topological polar surface area (TPSA) is 47.4 Å². The maximum Gasteiger partial charge on any atom is 0.258 e. The predicted octanol–water partition coefficient (Wildman–Crippen LogP) is 4.47. The van der Waals surface area contributed by atoms with E-state index in [9.17, 15) is 18.0 Å². The van der Waals surface area contributed by atoms with E-state index < -0.39 is 18.3 Å². The second kappa shape index (κ2) is 8.45. The van der Waals surface area contributed by atoms with Crippen LogP contribution < -0.4 is 4.74 Å². The van der Waals surface area contributed by atoms with Crippen molar-refractivity contribution in [3.8, 4) is 17.0 Å². The van der Waals surface area contributed by atoms with Crippen LogP contribution >= 0.6 is 0 Å². The fraction of sp³-hybridized carbons (Fsp3) is 0.304. The number of para-hydroxylation sites is 1. The first-order valence-electron chi connectivity index (χ1n) is 10.0. The van der Waals surface area contributed by atoms with Crippen LogP contribution in [0.3, 0.4) is 0 Å². The van der Waals surface area contributed by atoms with E-state index in [-0.39, 0.29) is 18.6 Å². The molecule has 4 rings (SSSR count). The number of rotatable bonds is 5. The van der Waals surface area contributed by atoms with Gasteiger partial charge in [0.05, 0.1) is 23.0 Å². The van der Waals surface area contributed by atoms with Crippen LogP contribution in [0.2, 0.25) is 0 Å². The monoisotopic (exact) mass is 429 g/mol. The Kier molecular flexibility index (Phi) is 5.71. The normalized spacial score (nSPS) is 15.6. The molecule has 162 valence electrons. The molecule has 0 unspecified atom stereocenters. The largest absolute Gasteiger partial charge is 0.490 e. The first-order valence-corrected chi connectivity index (χ1v) is 10.0. The summed E-state index contributed by atoms with van der Waals surface area (Å²) >= 11 is 0. The quantitative estimate of drug-likeness (QED) is 0.601. The lowest BCUT2D eigenvalue weighted by molar-refractivity contribution is 0.0668. The molecule has 1 aromatic heterocycles. The van der Waals surface area contributed by atoms with Crippen LogP contribution in [0.15, 0.2) is 42.5 Å². The fourth-order valence-corrected chi connectivity index (χ4v) is 4.15. The van der Waals surface area contributed by atoms with Crippen molar-refractivity contribution in [2.24, 2.45) is 7.05 Å². The van der Waals surface area contributed by atoms with E-state index in [0.29, 0.717) is 41.2 Å². The first kappa shape index (κ1) is 21.0. The van der Waals surface area contributed by atoms with Crippen molar-refractivity contribution in [3.05, 3.63) is 70.9 Å². The zero-order valence-corrected chi connectivity index (χ0v) is 17.2.